The van der Waals surface area contributed by atoms with Crippen LogP contribution in [0.4, 0.5) is 5.69 Å². The Bertz CT molecular complexity index is 478. The first-order valence-electron chi connectivity index (χ1n) is 5.23. The maximum absolute atomic E-state index is 5.80. The predicted molar refractivity (Wildman–Crippen MR) is 65.0 cm³/mol. The number of nitrogens with zero attached hydrogens (tertiary/aromatic N) is 2. The summed E-state index contributed by atoms with van der Waals surface area (Å²) in [6.07, 6.45) is 3.33. The molecule has 2 N–H and O–H groups in total. The number of nitrogens with two attached hydrogens (primary N) is 1. The molecule has 0 saturated heterocycles. The Morgan fingerprint density at radius 1 is 1.19 bits per heavy atom. The molecule has 2 aromatic rings. The predicted octanol–water partition coefficient (Wildman–Crippen LogP) is 2.38. The van der Waals surface area contributed by atoms with E-state index in [1.807, 2.05) is 24.3 Å². The van der Waals surface area contributed by atoms with Gasteiger partial charge in [0.05, 0.1) is 5.69 Å². The average molecular weight is 213 g/mol. The fourth-order valence-corrected chi connectivity index (χ4v) is 1.74. The molecule has 0 aliphatic carbocycles. The van der Waals surface area contributed by atoms with Crippen LogP contribution in [0.1, 0.15) is 25.1 Å². The second-order valence-electron chi connectivity index (χ2n) is 4.35. The van der Waals surface area contributed by atoms with Gasteiger partial charge in [0.2, 0.25) is 0 Å². The van der Waals surface area contributed by atoms with E-state index in [1.54, 1.807) is 12.5 Å². The summed E-state index contributed by atoms with van der Waals surface area (Å²) in [5, 5.41) is 0. The van der Waals surface area contributed by atoms with Gasteiger partial charge in [0.1, 0.15) is 6.33 Å². The standard InChI is InChI=1S/C13H15N3/c1-13(2,12-6-7-15-9-16-12)10-4-3-5-11(14)8-10/h3-9H,14H2,1-2H3. The Morgan fingerprint density at radius 2 is 2.00 bits per heavy atom. The van der Waals surface area contributed by atoms with Crippen molar-refractivity contribution >= 4 is 5.69 Å². The quantitative estimate of drug-likeness (QED) is 0.779. The summed E-state index contributed by atoms with van der Waals surface area (Å²) < 4.78 is 0. The van der Waals surface area contributed by atoms with Crippen LogP contribution in [0.2, 0.25) is 0 Å². The number of aromatic nitrogens is 2. The molecular formula is C13H15N3. The maximum atomic E-state index is 5.80. The van der Waals surface area contributed by atoms with Gasteiger partial charge in [-0.1, -0.05) is 26.0 Å². The summed E-state index contributed by atoms with van der Waals surface area (Å²) in [6.45, 7) is 4.26. The molecule has 1 heterocycles. The Kier molecular flexibility index (Phi) is 2.60. The van der Waals surface area contributed by atoms with Crippen molar-refractivity contribution < 1.29 is 0 Å². The summed E-state index contributed by atoms with van der Waals surface area (Å²) in [5.41, 5.74) is 8.58. The number of nitrogen functional groups attached to an aromatic ring is 1. The summed E-state index contributed by atoms with van der Waals surface area (Å²) >= 11 is 0. The summed E-state index contributed by atoms with van der Waals surface area (Å²) in [5.74, 6) is 0. The number of hydrogen-bond donors (Lipinski definition) is 1. The summed E-state index contributed by atoms with van der Waals surface area (Å²) in [7, 11) is 0. The molecule has 0 aliphatic rings. The number of hydrogen-bond acceptors (Lipinski definition) is 3. The monoisotopic (exact) mass is 213 g/mol. The van der Waals surface area contributed by atoms with E-state index in [0.717, 1.165) is 16.9 Å². The van der Waals surface area contributed by atoms with E-state index in [1.165, 1.54) is 0 Å². The van der Waals surface area contributed by atoms with Crippen molar-refractivity contribution in [2.24, 2.45) is 0 Å². The van der Waals surface area contributed by atoms with Crippen molar-refractivity contribution in [2.75, 3.05) is 5.73 Å². The second-order valence-corrected chi connectivity index (χ2v) is 4.35. The van der Waals surface area contributed by atoms with Gasteiger partial charge in [-0.05, 0) is 23.8 Å². The van der Waals surface area contributed by atoms with Gasteiger partial charge < -0.3 is 5.73 Å². The van der Waals surface area contributed by atoms with Gasteiger partial charge in [-0.3, -0.25) is 0 Å². The third-order valence-electron chi connectivity index (χ3n) is 2.83. The molecule has 0 saturated carbocycles. The van der Waals surface area contributed by atoms with Gasteiger partial charge in [0.25, 0.3) is 0 Å². The van der Waals surface area contributed by atoms with E-state index in [4.69, 9.17) is 5.73 Å². The lowest BCUT2D eigenvalue weighted by atomic mass is 9.81. The zero-order valence-electron chi connectivity index (χ0n) is 9.51. The van der Waals surface area contributed by atoms with E-state index in [0.29, 0.717) is 0 Å². The highest BCUT2D eigenvalue weighted by molar-refractivity contribution is 5.45. The van der Waals surface area contributed by atoms with E-state index in [2.05, 4.69) is 29.9 Å². The van der Waals surface area contributed by atoms with Crippen molar-refractivity contribution in [3.63, 3.8) is 0 Å². The molecule has 0 spiro atoms. The van der Waals surface area contributed by atoms with Crippen LogP contribution in [0.3, 0.4) is 0 Å². The van der Waals surface area contributed by atoms with E-state index in [-0.39, 0.29) is 5.41 Å². The zero-order chi connectivity index (χ0) is 11.6. The Morgan fingerprint density at radius 3 is 2.62 bits per heavy atom. The van der Waals surface area contributed by atoms with Crippen molar-refractivity contribution in [1.29, 1.82) is 0 Å². The van der Waals surface area contributed by atoms with Crippen LogP contribution in [-0.2, 0) is 5.41 Å². The lowest BCUT2D eigenvalue weighted by molar-refractivity contribution is 0.614. The fraction of sp³-hybridized carbons (Fsp3) is 0.231. The molecule has 3 nitrogen and oxygen atoms in total. The van der Waals surface area contributed by atoms with Crippen molar-refractivity contribution in [1.82, 2.24) is 9.97 Å². The van der Waals surface area contributed by atoms with Gasteiger partial charge >= 0.3 is 0 Å². The first-order valence-corrected chi connectivity index (χ1v) is 5.23. The topological polar surface area (TPSA) is 51.8 Å². The van der Waals surface area contributed by atoms with E-state index in [9.17, 15) is 0 Å². The molecule has 16 heavy (non-hydrogen) atoms. The minimum Gasteiger partial charge on any atom is -0.399 e. The number of anilines is 1. The third kappa shape index (κ3) is 1.89. The average Bonchev–Trinajstić information content (AvgIpc) is 2.30. The highest BCUT2D eigenvalue weighted by atomic mass is 14.8. The first kappa shape index (κ1) is 10.6. The molecule has 82 valence electrons. The largest absolute Gasteiger partial charge is 0.399 e. The molecule has 0 aliphatic heterocycles. The summed E-state index contributed by atoms with van der Waals surface area (Å²) in [6, 6.07) is 9.84. The Labute approximate surface area is 95.4 Å². The second kappa shape index (κ2) is 3.93. The molecule has 0 unspecified atom stereocenters. The Hall–Kier alpha value is -1.90. The van der Waals surface area contributed by atoms with Gasteiger partial charge in [-0.2, -0.15) is 0 Å². The fourth-order valence-electron chi connectivity index (χ4n) is 1.74. The lowest BCUT2D eigenvalue weighted by Crippen LogP contribution is -2.20. The Balaban J connectivity index is 2.47. The smallest absolute Gasteiger partial charge is 0.115 e. The van der Waals surface area contributed by atoms with Crippen LogP contribution in [0.5, 0.6) is 0 Å². The minimum absolute atomic E-state index is 0.154. The van der Waals surface area contributed by atoms with E-state index < -0.39 is 0 Å². The van der Waals surface area contributed by atoms with Crippen LogP contribution in [0.15, 0.2) is 42.9 Å². The number of benzene rings is 1. The molecule has 0 fully saturated rings. The van der Waals surface area contributed by atoms with Gasteiger partial charge in [-0.15, -0.1) is 0 Å². The minimum atomic E-state index is -0.154. The molecular weight excluding hydrogens is 198 g/mol. The number of rotatable bonds is 2. The molecule has 0 amide bonds. The molecule has 2 rings (SSSR count). The zero-order valence-corrected chi connectivity index (χ0v) is 9.51. The van der Waals surface area contributed by atoms with Crippen LogP contribution in [0, 0.1) is 0 Å². The van der Waals surface area contributed by atoms with Crippen LogP contribution < -0.4 is 5.73 Å². The lowest BCUT2D eigenvalue weighted by Gasteiger charge is -2.24. The SMILES string of the molecule is CC(C)(c1cccc(N)c1)c1ccncn1. The van der Waals surface area contributed by atoms with Crippen LogP contribution in [-0.4, -0.2) is 9.97 Å². The molecule has 1 aromatic heterocycles. The van der Waals surface area contributed by atoms with Gasteiger partial charge in [0, 0.05) is 17.3 Å². The van der Waals surface area contributed by atoms with Crippen LogP contribution in [0.25, 0.3) is 0 Å². The third-order valence-corrected chi connectivity index (χ3v) is 2.83. The highest BCUT2D eigenvalue weighted by Gasteiger charge is 2.24. The van der Waals surface area contributed by atoms with Gasteiger partial charge in [-0.25, -0.2) is 9.97 Å². The maximum Gasteiger partial charge on any atom is 0.115 e. The van der Waals surface area contributed by atoms with Crippen molar-refractivity contribution in [2.45, 2.75) is 19.3 Å². The summed E-state index contributed by atoms with van der Waals surface area (Å²) in [4.78, 5) is 8.24. The van der Waals surface area contributed by atoms with Crippen molar-refractivity contribution in [3.8, 4) is 0 Å². The molecule has 1 aromatic carbocycles. The molecule has 0 atom stereocenters. The normalized spacial score (nSPS) is 11.4. The highest BCUT2D eigenvalue weighted by Crippen LogP contribution is 2.30. The molecule has 0 bridgehead atoms. The molecule has 3 heteroatoms. The van der Waals surface area contributed by atoms with E-state index >= 15 is 0 Å². The van der Waals surface area contributed by atoms with Crippen molar-refractivity contribution in [3.05, 3.63) is 54.1 Å². The first-order chi connectivity index (χ1) is 7.60. The van der Waals surface area contributed by atoms with Gasteiger partial charge in [0.15, 0.2) is 0 Å². The van der Waals surface area contributed by atoms with Crippen LogP contribution >= 0.6 is 0 Å². The molecule has 0 radical (unpaired) electrons.